The van der Waals surface area contributed by atoms with E-state index in [0.29, 0.717) is 17.9 Å². The molecule has 3 heterocycles. The Labute approximate surface area is 188 Å². The summed E-state index contributed by atoms with van der Waals surface area (Å²) in [4.78, 5) is 25.4. The van der Waals surface area contributed by atoms with E-state index in [1.165, 1.54) is 15.8 Å². The number of anilines is 1. The van der Waals surface area contributed by atoms with E-state index < -0.39 is 22.3 Å². The van der Waals surface area contributed by atoms with Crippen molar-refractivity contribution < 1.29 is 32.2 Å². The number of sulfonamides is 1. The van der Waals surface area contributed by atoms with Crippen molar-refractivity contribution in [1.82, 2.24) is 4.31 Å². The highest BCUT2D eigenvalue weighted by atomic mass is 35.5. The van der Waals surface area contributed by atoms with Gasteiger partial charge in [0.1, 0.15) is 11.5 Å². The first kappa shape index (κ1) is 21.9. The highest BCUT2D eigenvalue weighted by Crippen LogP contribution is 2.36. The number of ether oxygens (including phenoxy) is 3. The second-order valence-corrected chi connectivity index (χ2v) is 10.2. The lowest BCUT2D eigenvalue weighted by Gasteiger charge is -2.39. The highest BCUT2D eigenvalue weighted by molar-refractivity contribution is 7.89. The number of hydrogen-bond donors (Lipinski definition) is 0. The van der Waals surface area contributed by atoms with E-state index in [1.807, 2.05) is 0 Å². The normalized spacial score (nSPS) is 17.7. The molecule has 0 bridgehead atoms. The van der Waals surface area contributed by atoms with Crippen molar-refractivity contribution in [2.45, 2.75) is 30.4 Å². The van der Waals surface area contributed by atoms with E-state index in [9.17, 15) is 18.0 Å². The molecule has 2 aliphatic rings. The standard InChI is InChI=1S/C19H19ClN2O7S2/c1-27-19(24)29-17-16(6-9-30-17)31(25,26)21-7-4-14(5-8-21)22-15-3-2-13(20)10-12(15)11-28-18(22)23/h2-3,6,9-10,14H,4-5,7-8,11H2,1H3. The van der Waals surface area contributed by atoms with Gasteiger partial charge in [0.2, 0.25) is 15.1 Å². The average molecular weight is 487 g/mol. The lowest BCUT2D eigenvalue weighted by Crippen LogP contribution is -2.50. The highest BCUT2D eigenvalue weighted by Gasteiger charge is 2.38. The molecular weight excluding hydrogens is 468 g/mol. The van der Waals surface area contributed by atoms with Crippen LogP contribution in [0.15, 0.2) is 34.5 Å². The summed E-state index contributed by atoms with van der Waals surface area (Å²) >= 11 is 7.04. The number of hydrogen-bond acceptors (Lipinski definition) is 8. The molecule has 1 saturated heterocycles. The van der Waals surface area contributed by atoms with Crippen LogP contribution in [0.4, 0.5) is 15.3 Å². The Balaban J connectivity index is 1.50. The van der Waals surface area contributed by atoms with Crippen LogP contribution in [-0.2, 0) is 26.1 Å². The molecule has 2 aromatic rings. The third-order valence-electron chi connectivity index (χ3n) is 5.19. The molecule has 2 aliphatic heterocycles. The number of nitrogens with zero attached hydrogens (tertiary/aromatic N) is 2. The predicted molar refractivity (Wildman–Crippen MR) is 113 cm³/mol. The molecule has 0 spiro atoms. The first-order valence-electron chi connectivity index (χ1n) is 9.39. The molecule has 0 aliphatic carbocycles. The maximum Gasteiger partial charge on any atom is 0.514 e. The van der Waals surface area contributed by atoms with E-state index >= 15 is 0 Å². The zero-order valence-electron chi connectivity index (χ0n) is 16.4. The van der Waals surface area contributed by atoms with E-state index in [1.54, 1.807) is 23.1 Å². The van der Waals surface area contributed by atoms with Crippen LogP contribution < -0.4 is 9.64 Å². The monoisotopic (exact) mass is 486 g/mol. The van der Waals surface area contributed by atoms with Gasteiger partial charge in [-0.3, -0.25) is 4.90 Å². The predicted octanol–water partition coefficient (Wildman–Crippen LogP) is 3.86. The molecule has 1 amide bonds. The van der Waals surface area contributed by atoms with Crippen LogP contribution in [0.1, 0.15) is 18.4 Å². The molecule has 1 aromatic heterocycles. The molecule has 4 rings (SSSR count). The Morgan fingerprint density at radius 3 is 2.71 bits per heavy atom. The van der Waals surface area contributed by atoms with Gasteiger partial charge in [-0.15, -0.1) is 11.3 Å². The molecule has 166 valence electrons. The number of amides is 1. The second kappa shape index (κ2) is 8.65. The molecule has 0 N–H and O–H groups in total. The molecule has 1 fully saturated rings. The maximum atomic E-state index is 13.1. The van der Waals surface area contributed by atoms with Crippen LogP contribution in [0.25, 0.3) is 0 Å². The van der Waals surface area contributed by atoms with Crippen molar-refractivity contribution in [2.75, 3.05) is 25.1 Å². The van der Waals surface area contributed by atoms with Crippen LogP contribution in [-0.4, -0.2) is 51.2 Å². The minimum absolute atomic E-state index is 0.0422. The summed E-state index contributed by atoms with van der Waals surface area (Å²) < 4.78 is 42.2. The van der Waals surface area contributed by atoms with Crippen LogP contribution in [0.5, 0.6) is 5.06 Å². The van der Waals surface area contributed by atoms with E-state index in [2.05, 4.69) is 4.74 Å². The minimum atomic E-state index is -3.88. The lowest BCUT2D eigenvalue weighted by atomic mass is 10.0. The van der Waals surface area contributed by atoms with Crippen LogP contribution in [0, 0.1) is 0 Å². The van der Waals surface area contributed by atoms with Crippen molar-refractivity contribution >= 4 is 50.9 Å². The zero-order chi connectivity index (χ0) is 22.2. The van der Waals surface area contributed by atoms with Crippen molar-refractivity contribution in [3.8, 4) is 5.06 Å². The molecule has 0 atom stereocenters. The second-order valence-electron chi connectivity index (χ2n) is 6.96. The fraction of sp³-hybridized carbons (Fsp3) is 0.368. The summed E-state index contributed by atoms with van der Waals surface area (Å²) in [5.74, 6) is 0. The van der Waals surface area contributed by atoms with E-state index in [-0.39, 0.29) is 35.7 Å². The number of cyclic esters (lactones) is 1. The van der Waals surface area contributed by atoms with E-state index in [4.69, 9.17) is 21.1 Å². The SMILES string of the molecule is COC(=O)Oc1sccc1S(=O)(=O)N1CCC(N2C(=O)OCc3cc(Cl)ccc32)CC1. The summed E-state index contributed by atoms with van der Waals surface area (Å²) in [5.41, 5.74) is 1.54. The molecule has 31 heavy (non-hydrogen) atoms. The molecule has 9 nitrogen and oxygen atoms in total. The third-order valence-corrected chi connectivity index (χ3v) is 8.27. The Morgan fingerprint density at radius 2 is 2.00 bits per heavy atom. The first-order valence-corrected chi connectivity index (χ1v) is 12.1. The number of carbonyl (C=O) groups excluding carboxylic acids is 2. The summed E-state index contributed by atoms with van der Waals surface area (Å²) in [6, 6.07) is 6.43. The number of fused-ring (bicyclic) bond motifs is 1. The Morgan fingerprint density at radius 1 is 1.26 bits per heavy atom. The largest absolute Gasteiger partial charge is 0.514 e. The van der Waals surface area contributed by atoms with Gasteiger partial charge in [0, 0.05) is 29.7 Å². The smallest absolute Gasteiger partial charge is 0.444 e. The minimum Gasteiger partial charge on any atom is -0.444 e. The summed E-state index contributed by atoms with van der Waals surface area (Å²) in [7, 11) is -2.73. The quantitative estimate of drug-likeness (QED) is 0.604. The number of methoxy groups -OCH3 is 1. The van der Waals surface area contributed by atoms with Crippen molar-refractivity contribution in [3.05, 3.63) is 40.2 Å². The van der Waals surface area contributed by atoms with Gasteiger partial charge < -0.3 is 14.2 Å². The number of halogens is 1. The van der Waals surface area contributed by atoms with Crippen LogP contribution in [0.3, 0.4) is 0 Å². The molecule has 0 radical (unpaired) electrons. The van der Waals surface area contributed by atoms with Gasteiger partial charge in [-0.05, 0) is 42.5 Å². The summed E-state index contributed by atoms with van der Waals surface area (Å²) in [6.07, 6.45) is -0.593. The van der Waals surface area contributed by atoms with Gasteiger partial charge in [-0.1, -0.05) is 11.6 Å². The number of carbonyl (C=O) groups is 2. The number of thiophene rings is 1. The van der Waals surface area contributed by atoms with Crippen molar-refractivity contribution in [1.29, 1.82) is 0 Å². The Hall–Kier alpha value is -2.34. The van der Waals surface area contributed by atoms with Crippen molar-refractivity contribution in [3.63, 3.8) is 0 Å². The van der Waals surface area contributed by atoms with Gasteiger partial charge in [-0.25, -0.2) is 18.0 Å². The Bertz CT molecular complexity index is 1110. The van der Waals surface area contributed by atoms with Gasteiger partial charge in [0.15, 0.2) is 0 Å². The van der Waals surface area contributed by atoms with Gasteiger partial charge in [-0.2, -0.15) is 4.31 Å². The number of benzene rings is 1. The molecule has 12 heteroatoms. The lowest BCUT2D eigenvalue weighted by molar-refractivity contribution is 0.122. The van der Waals surface area contributed by atoms with E-state index in [0.717, 1.165) is 29.7 Å². The first-order chi connectivity index (χ1) is 14.8. The summed E-state index contributed by atoms with van der Waals surface area (Å²) in [6.45, 7) is 0.556. The number of rotatable bonds is 4. The maximum absolute atomic E-state index is 13.1. The van der Waals surface area contributed by atoms with Crippen LogP contribution >= 0.6 is 22.9 Å². The molecular formula is C19H19ClN2O7S2. The van der Waals surface area contributed by atoms with Gasteiger partial charge in [0.05, 0.1) is 12.8 Å². The fourth-order valence-electron chi connectivity index (χ4n) is 3.70. The van der Waals surface area contributed by atoms with Crippen LogP contribution in [0.2, 0.25) is 5.02 Å². The third kappa shape index (κ3) is 4.22. The molecule has 0 unspecified atom stereocenters. The van der Waals surface area contributed by atoms with Gasteiger partial charge >= 0.3 is 12.2 Å². The topological polar surface area (TPSA) is 102 Å². The summed E-state index contributed by atoms with van der Waals surface area (Å²) in [5, 5.41) is 2.04. The molecule has 0 saturated carbocycles. The fourth-order valence-corrected chi connectivity index (χ4v) is 6.54. The number of piperidine rings is 1. The Kier molecular flexibility index (Phi) is 6.11. The van der Waals surface area contributed by atoms with Gasteiger partial charge in [0.25, 0.3) is 0 Å². The zero-order valence-corrected chi connectivity index (χ0v) is 18.8. The average Bonchev–Trinajstić information content (AvgIpc) is 3.23. The van der Waals surface area contributed by atoms with Crippen molar-refractivity contribution in [2.24, 2.45) is 0 Å². The molecule has 1 aromatic carbocycles.